The monoisotopic (exact) mass is 285 g/mol. The second-order valence-electron chi connectivity index (χ2n) is 4.90. The summed E-state index contributed by atoms with van der Waals surface area (Å²) >= 11 is 0. The van der Waals surface area contributed by atoms with Crippen molar-refractivity contribution < 1.29 is 14.6 Å². The second-order valence-corrected chi connectivity index (χ2v) is 4.90. The molecule has 2 N–H and O–H groups in total. The van der Waals surface area contributed by atoms with Gasteiger partial charge < -0.3 is 15.2 Å². The van der Waals surface area contributed by atoms with E-state index in [9.17, 15) is 9.90 Å². The number of ether oxygens (including phenoxy) is 1. The van der Waals surface area contributed by atoms with Crippen molar-refractivity contribution in [2.24, 2.45) is 0 Å². The summed E-state index contributed by atoms with van der Waals surface area (Å²) in [6, 6.07) is 14.6. The first-order chi connectivity index (χ1) is 10.1. The smallest absolute Gasteiger partial charge is 0.262 e. The minimum Gasteiger partial charge on any atom is -0.483 e. The summed E-state index contributed by atoms with van der Waals surface area (Å²) < 4.78 is 5.48. The third-order valence-corrected chi connectivity index (χ3v) is 3.13. The Labute approximate surface area is 124 Å². The molecule has 2 rings (SSSR count). The molecule has 0 heterocycles. The highest BCUT2D eigenvalue weighted by atomic mass is 16.5. The van der Waals surface area contributed by atoms with E-state index >= 15 is 0 Å². The van der Waals surface area contributed by atoms with Gasteiger partial charge in [0.25, 0.3) is 5.91 Å². The van der Waals surface area contributed by atoms with E-state index in [2.05, 4.69) is 5.32 Å². The van der Waals surface area contributed by atoms with Gasteiger partial charge >= 0.3 is 0 Å². The largest absolute Gasteiger partial charge is 0.483 e. The summed E-state index contributed by atoms with van der Waals surface area (Å²) in [6.07, 6.45) is -0.515. The lowest BCUT2D eigenvalue weighted by atomic mass is 10.1. The highest BCUT2D eigenvalue weighted by molar-refractivity contribution is 5.91. The number of hydrogen-bond donors (Lipinski definition) is 2. The number of amides is 1. The summed E-state index contributed by atoms with van der Waals surface area (Å²) in [4.78, 5) is 11.8. The Morgan fingerprint density at radius 1 is 1.19 bits per heavy atom. The van der Waals surface area contributed by atoms with E-state index in [0.717, 1.165) is 11.1 Å². The highest BCUT2D eigenvalue weighted by Crippen LogP contribution is 2.17. The number of anilines is 1. The molecule has 4 nitrogen and oxygen atoms in total. The first-order valence-electron chi connectivity index (χ1n) is 6.82. The van der Waals surface area contributed by atoms with Crippen molar-refractivity contribution in [1.29, 1.82) is 0 Å². The summed E-state index contributed by atoms with van der Waals surface area (Å²) in [6.45, 7) is 3.59. The summed E-state index contributed by atoms with van der Waals surface area (Å²) in [5.74, 6) is 0.486. The second kappa shape index (κ2) is 6.90. The molecule has 1 amide bonds. The van der Waals surface area contributed by atoms with Crippen LogP contribution in [-0.2, 0) is 4.79 Å². The average molecular weight is 285 g/mol. The number of hydrogen-bond acceptors (Lipinski definition) is 3. The molecule has 21 heavy (non-hydrogen) atoms. The summed E-state index contributed by atoms with van der Waals surface area (Å²) in [5, 5.41) is 12.2. The zero-order valence-corrected chi connectivity index (χ0v) is 12.2. The van der Waals surface area contributed by atoms with Gasteiger partial charge in [-0.1, -0.05) is 30.3 Å². The molecule has 110 valence electrons. The average Bonchev–Trinajstić information content (AvgIpc) is 2.47. The molecule has 0 unspecified atom stereocenters. The van der Waals surface area contributed by atoms with Crippen molar-refractivity contribution in [1.82, 2.24) is 0 Å². The van der Waals surface area contributed by atoms with E-state index in [-0.39, 0.29) is 12.5 Å². The summed E-state index contributed by atoms with van der Waals surface area (Å²) in [7, 11) is 0. The SMILES string of the molecule is Cc1ccccc1OCC(=O)Nc1ccc([C@@H](C)O)cc1. The Morgan fingerprint density at radius 2 is 1.86 bits per heavy atom. The van der Waals surface area contributed by atoms with Gasteiger partial charge in [0.15, 0.2) is 6.61 Å². The highest BCUT2D eigenvalue weighted by Gasteiger charge is 2.06. The van der Waals surface area contributed by atoms with Crippen LogP contribution in [0.5, 0.6) is 5.75 Å². The van der Waals surface area contributed by atoms with Gasteiger partial charge in [-0.25, -0.2) is 0 Å². The van der Waals surface area contributed by atoms with Crippen LogP contribution >= 0.6 is 0 Å². The number of rotatable bonds is 5. The minimum atomic E-state index is -0.515. The van der Waals surface area contributed by atoms with Crippen LogP contribution in [0.2, 0.25) is 0 Å². The van der Waals surface area contributed by atoms with Crippen LogP contribution in [0.25, 0.3) is 0 Å². The van der Waals surface area contributed by atoms with Gasteiger partial charge in [0.05, 0.1) is 6.10 Å². The van der Waals surface area contributed by atoms with Gasteiger partial charge in [-0.05, 0) is 43.2 Å². The maximum absolute atomic E-state index is 11.8. The number of carbonyl (C=O) groups is 1. The zero-order valence-electron chi connectivity index (χ0n) is 12.2. The number of benzene rings is 2. The van der Waals surface area contributed by atoms with Crippen molar-refractivity contribution in [3.8, 4) is 5.75 Å². The lowest BCUT2D eigenvalue weighted by molar-refractivity contribution is -0.118. The van der Waals surface area contributed by atoms with Crippen LogP contribution in [-0.4, -0.2) is 17.6 Å². The van der Waals surface area contributed by atoms with Crippen molar-refractivity contribution in [2.75, 3.05) is 11.9 Å². The fraction of sp³-hybridized carbons (Fsp3) is 0.235. The van der Waals surface area contributed by atoms with Gasteiger partial charge in [0.1, 0.15) is 5.75 Å². The molecule has 2 aromatic carbocycles. The van der Waals surface area contributed by atoms with Crippen LogP contribution in [0.3, 0.4) is 0 Å². The Morgan fingerprint density at radius 3 is 2.48 bits per heavy atom. The number of aliphatic hydroxyl groups excluding tert-OH is 1. The first-order valence-corrected chi connectivity index (χ1v) is 6.82. The number of nitrogens with one attached hydrogen (secondary N) is 1. The molecule has 1 atom stereocenters. The topological polar surface area (TPSA) is 58.6 Å². The minimum absolute atomic E-state index is 0.0387. The molecule has 0 aliphatic carbocycles. The van der Waals surface area contributed by atoms with Crippen LogP contribution < -0.4 is 10.1 Å². The molecule has 0 saturated carbocycles. The lowest BCUT2D eigenvalue weighted by Gasteiger charge is -2.10. The molecule has 0 bridgehead atoms. The number of carbonyl (C=O) groups excluding carboxylic acids is 1. The summed E-state index contributed by atoms with van der Waals surface area (Å²) in [5.41, 5.74) is 2.48. The fourth-order valence-corrected chi connectivity index (χ4v) is 1.90. The van der Waals surface area contributed by atoms with Gasteiger partial charge in [0.2, 0.25) is 0 Å². The van der Waals surface area contributed by atoms with Crippen LogP contribution in [0.15, 0.2) is 48.5 Å². The third-order valence-electron chi connectivity index (χ3n) is 3.13. The number of para-hydroxylation sites is 1. The van der Waals surface area contributed by atoms with Crippen LogP contribution in [0, 0.1) is 6.92 Å². The van der Waals surface area contributed by atoms with E-state index in [1.165, 1.54) is 0 Å². The van der Waals surface area contributed by atoms with Crippen LogP contribution in [0.1, 0.15) is 24.2 Å². The van der Waals surface area contributed by atoms with E-state index < -0.39 is 6.10 Å². The van der Waals surface area contributed by atoms with Crippen molar-refractivity contribution in [3.63, 3.8) is 0 Å². The van der Waals surface area contributed by atoms with Crippen molar-refractivity contribution in [2.45, 2.75) is 20.0 Å². The molecule has 0 saturated heterocycles. The molecule has 2 aromatic rings. The Kier molecular flexibility index (Phi) is 4.95. The fourth-order valence-electron chi connectivity index (χ4n) is 1.90. The third kappa shape index (κ3) is 4.33. The van der Waals surface area contributed by atoms with Gasteiger partial charge in [0, 0.05) is 5.69 Å². The number of aryl methyl sites for hydroxylation is 1. The van der Waals surface area contributed by atoms with E-state index in [1.54, 1.807) is 31.2 Å². The normalized spacial score (nSPS) is 11.8. The predicted molar refractivity (Wildman–Crippen MR) is 82.4 cm³/mol. The molecule has 4 heteroatoms. The van der Waals surface area contributed by atoms with Crippen molar-refractivity contribution in [3.05, 3.63) is 59.7 Å². The molecular formula is C17H19NO3. The maximum atomic E-state index is 11.8. The van der Waals surface area contributed by atoms with Crippen molar-refractivity contribution >= 4 is 11.6 Å². The quantitative estimate of drug-likeness (QED) is 0.887. The molecule has 0 aliphatic heterocycles. The predicted octanol–water partition coefficient (Wildman–Crippen LogP) is 3.07. The zero-order chi connectivity index (χ0) is 15.2. The molecule has 0 fully saturated rings. The number of aliphatic hydroxyl groups is 1. The van der Waals surface area contributed by atoms with E-state index in [1.807, 2.05) is 31.2 Å². The molecule has 0 aromatic heterocycles. The molecular weight excluding hydrogens is 266 g/mol. The van der Waals surface area contributed by atoms with Gasteiger partial charge in [-0.2, -0.15) is 0 Å². The first kappa shape index (κ1) is 15.1. The molecule has 0 spiro atoms. The van der Waals surface area contributed by atoms with Gasteiger partial charge in [-0.3, -0.25) is 4.79 Å². The van der Waals surface area contributed by atoms with Crippen LogP contribution in [0.4, 0.5) is 5.69 Å². The Hall–Kier alpha value is -2.33. The Balaban J connectivity index is 1.88. The molecule has 0 aliphatic rings. The molecule has 0 radical (unpaired) electrons. The van der Waals surface area contributed by atoms with E-state index in [0.29, 0.717) is 11.4 Å². The lowest BCUT2D eigenvalue weighted by Crippen LogP contribution is -2.20. The van der Waals surface area contributed by atoms with Gasteiger partial charge in [-0.15, -0.1) is 0 Å². The van der Waals surface area contributed by atoms with E-state index in [4.69, 9.17) is 4.74 Å². The standard InChI is InChI=1S/C17H19NO3/c1-12-5-3-4-6-16(12)21-11-17(20)18-15-9-7-14(8-10-15)13(2)19/h3-10,13,19H,11H2,1-2H3,(H,18,20)/t13-/m1/s1. The maximum Gasteiger partial charge on any atom is 0.262 e. The Bertz CT molecular complexity index is 606.